The van der Waals surface area contributed by atoms with Crippen LogP contribution >= 0.6 is 22.9 Å². The van der Waals surface area contributed by atoms with Crippen molar-refractivity contribution in [1.29, 1.82) is 0 Å². The van der Waals surface area contributed by atoms with Gasteiger partial charge in [0.25, 0.3) is 5.91 Å². The van der Waals surface area contributed by atoms with Crippen molar-refractivity contribution in [3.05, 3.63) is 45.3 Å². The monoisotopic (exact) mass is 311 g/mol. The standard InChI is InChI=1S/C13H10ClNO4S/c1-6-4-10(20-11(6)13(18)19)15-12(17)8-3-2-7(14)5-9(8)16/h2-5,16H,1H3,(H,15,17)(H,18,19). The quantitative estimate of drug-likeness (QED) is 0.811. The van der Waals surface area contributed by atoms with Crippen LogP contribution in [0.25, 0.3) is 0 Å². The van der Waals surface area contributed by atoms with Crippen molar-refractivity contribution in [3.8, 4) is 5.75 Å². The summed E-state index contributed by atoms with van der Waals surface area (Å²) < 4.78 is 0. The van der Waals surface area contributed by atoms with E-state index >= 15 is 0 Å². The van der Waals surface area contributed by atoms with E-state index in [-0.39, 0.29) is 16.2 Å². The van der Waals surface area contributed by atoms with Gasteiger partial charge in [-0.1, -0.05) is 11.6 Å². The number of aromatic hydroxyl groups is 1. The molecule has 0 aliphatic carbocycles. The van der Waals surface area contributed by atoms with Gasteiger partial charge in [-0.25, -0.2) is 4.79 Å². The summed E-state index contributed by atoms with van der Waals surface area (Å²) >= 11 is 6.65. The Morgan fingerprint density at radius 1 is 1.30 bits per heavy atom. The molecule has 0 spiro atoms. The fourth-order valence-corrected chi connectivity index (χ4v) is 2.70. The van der Waals surface area contributed by atoms with E-state index in [2.05, 4.69) is 5.32 Å². The van der Waals surface area contributed by atoms with E-state index < -0.39 is 11.9 Å². The van der Waals surface area contributed by atoms with E-state index in [1.54, 1.807) is 13.0 Å². The number of hydrogen-bond donors (Lipinski definition) is 3. The SMILES string of the molecule is Cc1cc(NC(=O)c2ccc(Cl)cc2O)sc1C(=O)O. The number of amides is 1. The average molecular weight is 312 g/mol. The molecule has 0 aliphatic rings. The number of phenols is 1. The first-order valence-corrected chi connectivity index (χ1v) is 6.71. The number of benzene rings is 1. The maximum Gasteiger partial charge on any atom is 0.346 e. The Bertz CT molecular complexity index is 696. The Morgan fingerprint density at radius 3 is 2.55 bits per heavy atom. The lowest BCUT2D eigenvalue weighted by Gasteiger charge is -2.05. The summed E-state index contributed by atoms with van der Waals surface area (Å²) in [6.45, 7) is 1.65. The molecule has 2 aromatic rings. The first-order valence-electron chi connectivity index (χ1n) is 5.52. The minimum Gasteiger partial charge on any atom is -0.507 e. The summed E-state index contributed by atoms with van der Waals surface area (Å²) in [4.78, 5) is 23.1. The Morgan fingerprint density at radius 2 is 2.00 bits per heavy atom. The molecule has 0 saturated heterocycles. The third-order valence-electron chi connectivity index (χ3n) is 2.55. The smallest absolute Gasteiger partial charge is 0.346 e. The summed E-state index contributed by atoms with van der Waals surface area (Å²) in [5.41, 5.74) is 0.635. The molecule has 1 aromatic heterocycles. The topological polar surface area (TPSA) is 86.6 Å². The molecule has 2 rings (SSSR count). The number of carboxylic acids is 1. The minimum absolute atomic E-state index is 0.0670. The van der Waals surface area contributed by atoms with Gasteiger partial charge in [-0.2, -0.15) is 0 Å². The van der Waals surface area contributed by atoms with Crippen LogP contribution < -0.4 is 5.32 Å². The number of aromatic carboxylic acids is 1. The van der Waals surface area contributed by atoms with Crippen molar-refractivity contribution in [2.45, 2.75) is 6.92 Å². The molecule has 1 heterocycles. The maximum absolute atomic E-state index is 12.0. The number of carboxylic acid groups (broad SMARTS) is 1. The van der Waals surface area contributed by atoms with Crippen LogP contribution in [-0.4, -0.2) is 22.1 Å². The van der Waals surface area contributed by atoms with Crippen molar-refractivity contribution in [1.82, 2.24) is 0 Å². The second kappa shape index (κ2) is 5.52. The van der Waals surface area contributed by atoms with Crippen molar-refractivity contribution in [3.63, 3.8) is 0 Å². The Labute approximate surface area is 123 Å². The predicted molar refractivity (Wildman–Crippen MR) is 77.1 cm³/mol. The molecule has 7 heteroatoms. The highest BCUT2D eigenvalue weighted by Gasteiger charge is 2.16. The average Bonchev–Trinajstić information content (AvgIpc) is 2.70. The zero-order chi connectivity index (χ0) is 14.9. The highest BCUT2D eigenvalue weighted by atomic mass is 35.5. The van der Waals surface area contributed by atoms with E-state index in [9.17, 15) is 14.7 Å². The second-order valence-electron chi connectivity index (χ2n) is 4.04. The fraction of sp³-hybridized carbons (Fsp3) is 0.0769. The molecule has 0 atom stereocenters. The van der Waals surface area contributed by atoms with E-state index in [0.717, 1.165) is 11.3 Å². The number of phenolic OH excluding ortho intramolecular Hbond substituents is 1. The number of thiophene rings is 1. The molecule has 5 nitrogen and oxygen atoms in total. The fourth-order valence-electron chi connectivity index (χ4n) is 1.63. The lowest BCUT2D eigenvalue weighted by molar-refractivity contribution is 0.0701. The highest BCUT2D eigenvalue weighted by Crippen LogP contribution is 2.28. The molecule has 3 N–H and O–H groups in total. The van der Waals surface area contributed by atoms with Crippen LogP contribution in [0.2, 0.25) is 5.02 Å². The number of carbonyl (C=O) groups excluding carboxylic acids is 1. The number of nitrogens with one attached hydrogen (secondary N) is 1. The predicted octanol–water partition coefficient (Wildman–Crippen LogP) is 3.37. The lowest BCUT2D eigenvalue weighted by atomic mass is 10.2. The maximum atomic E-state index is 12.0. The van der Waals surface area contributed by atoms with Crippen molar-refractivity contribution < 1.29 is 19.8 Å². The van der Waals surface area contributed by atoms with Crippen LogP contribution in [0.5, 0.6) is 5.75 Å². The van der Waals surface area contributed by atoms with Crippen molar-refractivity contribution in [2.24, 2.45) is 0 Å². The van der Waals surface area contributed by atoms with E-state index in [1.807, 2.05) is 0 Å². The summed E-state index contributed by atoms with van der Waals surface area (Å²) in [6, 6.07) is 5.71. The van der Waals surface area contributed by atoms with Gasteiger partial charge in [-0.15, -0.1) is 11.3 Å². The molecule has 20 heavy (non-hydrogen) atoms. The Kier molecular flexibility index (Phi) is 3.96. The molecular formula is C13H10ClNO4S. The van der Waals surface area contributed by atoms with Gasteiger partial charge in [-0.05, 0) is 36.8 Å². The van der Waals surface area contributed by atoms with Crippen molar-refractivity contribution in [2.75, 3.05) is 5.32 Å². The van der Waals surface area contributed by atoms with E-state index in [4.69, 9.17) is 16.7 Å². The summed E-state index contributed by atoms with van der Waals surface area (Å²) in [6.07, 6.45) is 0. The van der Waals surface area contributed by atoms with E-state index in [1.165, 1.54) is 18.2 Å². The molecular weight excluding hydrogens is 302 g/mol. The molecule has 104 valence electrons. The molecule has 0 aliphatic heterocycles. The van der Waals surface area contributed by atoms with Crippen LogP contribution in [0, 0.1) is 6.92 Å². The summed E-state index contributed by atoms with van der Waals surface area (Å²) in [5, 5.41) is 21.9. The number of carbonyl (C=O) groups is 2. The second-order valence-corrected chi connectivity index (χ2v) is 5.53. The third kappa shape index (κ3) is 2.92. The van der Waals surface area contributed by atoms with Crippen LogP contribution in [0.3, 0.4) is 0 Å². The van der Waals surface area contributed by atoms with Gasteiger partial charge in [0, 0.05) is 5.02 Å². The van der Waals surface area contributed by atoms with Gasteiger partial charge in [0.05, 0.1) is 10.6 Å². The molecule has 0 fully saturated rings. The van der Waals surface area contributed by atoms with Gasteiger partial charge >= 0.3 is 5.97 Å². The van der Waals surface area contributed by atoms with E-state index in [0.29, 0.717) is 15.6 Å². The first-order chi connectivity index (χ1) is 9.38. The lowest BCUT2D eigenvalue weighted by Crippen LogP contribution is -2.10. The zero-order valence-corrected chi connectivity index (χ0v) is 11.9. The zero-order valence-electron chi connectivity index (χ0n) is 10.3. The van der Waals surface area contributed by atoms with Gasteiger partial charge < -0.3 is 15.5 Å². The van der Waals surface area contributed by atoms with Crippen LogP contribution in [0.15, 0.2) is 24.3 Å². The number of hydrogen-bond acceptors (Lipinski definition) is 4. The Balaban J connectivity index is 2.23. The van der Waals surface area contributed by atoms with Gasteiger partial charge in [-0.3, -0.25) is 4.79 Å². The minimum atomic E-state index is -1.04. The van der Waals surface area contributed by atoms with Crippen molar-refractivity contribution >= 4 is 39.8 Å². The molecule has 0 unspecified atom stereocenters. The van der Waals surface area contributed by atoms with Crippen LogP contribution in [0.1, 0.15) is 25.6 Å². The molecule has 1 aromatic carbocycles. The van der Waals surface area contributed by atoms with Gasteiger partial charge in [0.15, 0.2) is 0 Å². The normalized spacial score (nSPS) is 10.3. The molecule has 0 bridgehead atoms. The largest absolute Gasteiger partial charge is 0.507 e. The van der Waals surface area contributed by atoms with Gasteiger partial charge in [0.2, 0.25) is 0 Å². The first kappa shape index (κ1) is 14.4. The van der Waals surface area contributed by atoms with Gasteiger partial charge in [0.1, 0.15) is 10.6 Å². The summed E-state index contributed by atoms with van der Waals surface area (Å²) in [7, 11) is 0. The molecule has 0 saturated carbocycles. The Hall–Kier alpha value is -2.05. The van der Waals surface area contributed by atoms with Crippen LogP contribution in [0.4, 0.5) is 5.00 Å². The molecule has 0 radical (unpaired) electrons. The number of anilines is 1. The number of halogens is 1. The molecule has 1 amide bonds. The third-order valence-corrected chi connectivity index (χ3v) is 3.93. The number of rotatable bonds is 3. The number of aryl methyl sites for hydroxylation is 1. The highest BCUT2D eigenvalue weighted by molar-refractivity contribution is 7.18. The van der Waals surface area contributed by atoms with Crippen LogP contribution in [-0.2, 0) is 0 Å². The summed E-state index contributed by atoms with van der Waals surface area (Å²) in [5.74, 6) is -1.80.